The zero-order chi connectivity index (χ0) is 64.0. The molecule has 6 atom stereocenters. The Morgan fingerprint density at radius 3 is 1.99 bits per heavy atom. The van der Waals surface area contributed by atoms with Crippen molar-refractivity contribution in [3.8, 4) is 43.4 Å². The fourth-order valence-corrected chi connectivity index (χ4v) is 14.6. The van der Waals surface area contributed by atoms with E-state index in [9.17, 15) is 48.6 Å². The van der Waals surface area contributed by atoms with Crippen LogP contribution in [0.1, 0.15) is 138 Å². The minimum Gasteiger partial charge on any atom is -0.444 e. The van der Waals surface area contributed by atoms with Gasteiger partial charge in [0.25, 0.3) is 29.5 Å². The van der Waals surface area contributed by atoms with E-state index in [2.05, 4.69) is 65.6 Å². The zero-order valence-corrected chi connectivity index (χ0v) is 55.6. The lowest BCUT2D eigenvalue weighted by molar-refractivity contribution is -0.124. The van der Waals surface area contributed by atoms with Crippen molar-refractivity contribution in [3.63, 3.8) is 0 Å². The van der Waals surface area contributed by atoms with Gasteiger partial charge in [0.2, 0.25) is 5.91 Å². The van der Waals surface area contributed by atoms with Crippen LogP contribution in [0.5, 0.6) is 0 Å². The lowest BCUT2D eigenvalue weighted by atomic mass is 9.99. The number of fused-ring (bicyclic) bond motifs is 11. The third-order valence-corrected chi connectivity index (χ3v) is 19.5. The van der Waals surface area contributed by atoms with Gasteiger partial charge in [-0.05, 0) is 80.1 Å². The highest BCUT2D eigenvalue weighted by atomic mass is 35.5. The van der Waals surface area contributed by atoms with E-state index in [0.29, 0.717) is 45.1 Å². The molecule has 0 spiro atoms. The molecule has 0 saturated carbocycles. The average Bonchev–Trinajstić information content (AvgIpc) is 4.21. The van der Waals surface area contributed by atoms with Gasteiger partial charge >= 0.3 is 6.09 Å². The summed E-state index contributed by atoms with van der Waals surface area (Å²) in [5.74, 6) is -4.56. The quantitative estimate of drug-likeness (QED) is 0.0515. The smallest absolute Gasteiger partial charge is 0.410 e. The number of ether oxygens (including phenoxy) is 1. The summed E-state index contributed by atoms with van der Waals surface area (Å²) < 4.78 is 6.19. The normalized spacial score (nSPS) is 18.8. The molecule has 7 aromatic rings. The minimum atomic E-state index is -1.64. The van der Waals surface area contributed by atoms with Gasteiger partial charge in [0.05, 0.1) is 29.6 Å². The molecule has 7 aromatic heterocycles. The number of aliphatic hydroxyl groups excluding tert-OH is 1. The van der Waals surface area contributed by atoms with Crippen LogP contribution in [0.3, 0.4) is 0 Å². The van der Waals surface area contributed by atoms with Gasteiger partial charge in [-0.15, -0.1) is 80.4 Å². The number of ketones is 1. The molecule has 8 N–H and O–H groups in total. The summed E-state index contributed by atoms with van der Waals surface area (Å²) in [7, 11) is 0. The fourth-order valence-electron chi connectivity index (χ4n) is 9.41. The highest BCUT2D eigenvalue weighted by molar-refractivity contribution is 7.15. The number of thiazole rings is 6. The van der Waals surface area contributed by atoms with Gasteiger partial charge in [-0.3, -0.25) is 38.5 Å². The molecule has 476 valence electrons. The molecule has 0 radical (unpaired) electrons. The number of nitrogens with one attached hydrogen (secondary N) is 6. The fraction of sp³-hybridized carbons (Fsp3) is 0.386. The standard InChI is InChI=1S/C57H63N15O11S6.ClH/c1-10-31(44(75)58-18-26(5)73)60-45(76)35-22-86-53(65-35)39-25-87-52(67-39)33-15-14-30-42(59-33)34-20-88-54(62-34)41(28(7)83-56(81)72-17-16-29(19-72)71(12-3)13-4)69-47(78)37-24-89-55(66-37)43(57(8,9)82)70-48(79)38-23-85-51(64-38)32(11-2)61-49(80)40(27(6)74)68-46(77)36-21-84-50(30)63-36;/h10-11,14-15,20-25,27-29,40-41,43,74,82H,12-13,16-19H2,1-9H3,(H,58,75)(H,60,76)(H,61,80)(H,68,77)(H,69,78)(H,70,79);1H/b31-10-,32-11-;. The Balaban J connectivity index is 0.0000105. The number of likely N-dealkylation sites (tertiary alicyclic amines) is 1. The van der Waals surface area contributed by atoms with Crippen molar-refractivity contribution in [2.24, 2.45) is 0 Å². The predicted molar refractivity (Wildman–Crippen MR) is 345 cm³/mol. The first-order chi connectivity index (χ1) is 42.5. The summed E-state index contributed by atoms with van der Waals surface area (Å²) in [6, 6.07) is -0.211. The molecule has 9 heterocycles. The van der Waals surface area contributed by atoms with E-state index < -0.39 is 77.5 Å². The first-order valence-electron chi connectivity index (χ1n) is 28.0. The monoisotopic (exact) mass is 1360 g/mol. The Morgan fingerprint density at radius 1 is 0.744 bits per heavy atom. The molecule has 1 saturated heterocycles. The number of hydrogen-bond acceptors (Lipinski definition) is 25. The van der Waals surface area contributed by atoms with Crippen molar-refractivity contribution in [1.29, 1.82) is 0 Å². The van der Waals surface area contributed by atoms with Crippen LogP contribution >= 0.6 is 80.4 Å². The number of Topliss-reactive ketones (excluding diaryl/α,β-unsaturated/α-hetero) is 1. The highest BCUT2D eigenvalue weighted by Crippen LogP contribution is 2.39. The van der Waals surface area contributed by atoms with Gasteiger partial charge < -0.3 is 51.8 Å². The van der Waals surface area contributed by atoms with Gasteiger partial charge in [0, 0.05) is 57.0 Å². The van der Waals surface area contributed by atoms with Crippen LogP contribution < -0.4 is 31.9 Å². The summed E-state index contributed by atoms with van der Waals surface area (Å²) in [5.41, 5.74) is -0.0297. The zero-order valence-electron chi connectivity index (χ0n) is 49.9. The SMILES string of the molecule is C/C=C(\NC(=O)c1csc(-c2csc(-c3ccc4c(n3)-c3csc(n3)C(C(C)OC(=O)N3CCC(N(CC)CC)C3)NC(=O)c3csc(n3)C(C(C)(C)O)NC(=O)c3csc(n3)/C(=C/C)NC(=O)C(C(C)O)NC(=O)c3csc-4n3)n2)n1)C(=O)NCC(C)=O.Cl. The van der Waals surface area contributed by atoms with Crippen molar-refractivity contribution in [2.45, 2.75) is 111 Å². The molecule has 9 rings (SSSR count). The van der Waals surface area contributed by atoms with Crippen LogP contribution in [0.15, 0.2) is 62.3 Å². The number of nitrogens with zero attached hydrogens (tertiary/aromatic N) is 9. The van der Waals surface area contributed by atoms with Gasteiger partial charge in [0.1, 0.15) is 106 Å². The molecule has 6 unspecified atom stereocenters. The Kier molecular flexibility index (Phi) is 22.4. The summed E-state index contributed by atoms with van der Waals surface area (Å²) in [5, 5.41) is 49.7. The van der Waals surface area contributed by atoms with Crippen molar-refractivity contribution < 1.29 is 53.3 Å². The van der Waals surface area contributed by atoms with Gasteiger partial charge in [-0.2, -0.15) is 0 Å². The van der Waals surface area contributed by atoms with Crippen LogP contribution in [0.4, 0.5) is 4.79 Å². The maximum absolute atomic E-state index is 14.6. The molecule has 2 aliphatic heterocycles. The first-order valence-corrected chi connectivity index (χ1v) is 33.3. The molecular formula is C57H64ClN15O11S6. The number of allylic oxidation sites excluding steroid dienone is 2. The molecule has 2 aliphatic rings. The van der Waals surface area contributed by atoms with Crippen LogP contribution in [0.2, 0.25) is 0 Å². The number of rotatable bonds is 14. The number of pyridine rings is 1. The summed E-state index contributed by atoms with van der Waals surface area (Å²) >= 11 is 6.65. The lowest BCUT2D eigenvalue weighted by Crippen LogP contribution is -2.52. The molecule has 26 nitrogen and oxygen atoms in total. The average molecular weight is 1360 g/mol. The van der Waals surface area contributed by atoms with Crippen LogP contribution in [-0.4, -0.2) is 165 Å². The number of aliphatic hydroxyl groups is 2. The van der Waals surface area contributed by atoms with E-state index in [1.165, 1.54) is 72.7 Å². The van der Waals surface area contributed by atoms with E-state index in [1.54, 1.807) is 48.6 Å². The third kappa shape index (κ3) is 15.7. The topological polar surface area (TPSA) is 355 Å². The van der Waals surface area contributed by atoms with Gasteiger partial charge in [0.15, 0.2) is 0 Å². The second-order valence-electron chi connectivity index (χ2n) is 21.0. The summed E-state index contributed by atoms with van der Waals surface area (Å²) in [6.45, 7) is 16.9. The Bertz CT molecular complexity index is 3900. The van der Waals surface area contributed by atoms with Crippen LogP contribution in [0.25, 0.3) is 49.1 Å². The second-order valence-corrected chi connectivity index (χ2v) is 26.2. The Labute approximate surface area is 546 Å². The van der Waals surface area contributed by atoms with Crippen molar-refractivity contribution in [2.75, 3.05) is 32.7 Å². The Morgan fingerprint density at radius 2 is 1.32 bits per heavy atom. The molecule has 0 aromatic carbocycles. The van der Waals surface area contributed by atoms with Crippen molar-refractivity contribution >= 4 is 133 Å². The molecule has 0 aliphatic carbocycles. The van der Waals surface area contributed by atoms with E-state index in [0.717, 1.165) is 76.2 Å². The number of carbonyl (C=O) groups is 8. The number of amides is 7. The number of carbonyl (C=O) groups excluding carboxylic acids is 8. The van der Waals surface area contributed by atoms with Gasteiger partial charge in [-0.25, -0.2) is 39.7 Å². The van der Waals surface area contributed by atoms with E-state index in [-0.39, 0.29) is 91.4 Å². The molecule has 8 bridgehead atoms. The predicted octanol–water partition coefficient (Wildman–Crippen LogP) is 6.87. The number of aromatic nitrogens is 7. The number of likely N-dealkylation sites (N-methyl/N-ethyl adjacent to an activating group) is 1. The maximum atomic E-state index is 14.6. The van der Waals surface area contributed by atoms with E-state index >= 15 is 0 Å². The summed E-state index contributed by atoms with van der Waals surface area (Å²) in [4.78, 5) is 145. The maximum Gasteiger partial charge on any atom is 0.410 e. The molecule has 33 heteroatoms. The third-order valence-electron chi connectivity index (χ3n) is 14.2. The summed E-state index contributed by atoms with van der Waals surface area (Å²) in [6.07, 6.45) is 0.653. The first kappa shape index (κ1) is 68.3. The molecular weight excluding hydrogens is 1300 g/mol. The Hall–Kier alpha value is -7.66. The second kappa shape index (κ2) is 29.5. The highest BCUT2D eigenvalue weighted by Gasteiger charge is 2.38. The molecule has 7 amide bonds. The molecule has 1 fully saturated rings. The van der Waals surface area contributed by atoms with Crippen molar-refractivity contribution in [3.05, 3.63) is 100 Å². The molecule has 90 heavy (non-hydrogen) atoms. The largest absolute Gasteiger partial charge is 0.444 e. The van der Waals surface area contributed by atoms with E-state index in [4.69, 9.17) is 24.7 Å². The minimum absolute atomic E-state index is 0. The van der Waals surface area contributed by atoms with Crippen molar-refractivity contribution in [1.82, 2.24) is 76.6 Å². The number of hydrogen-bond donors (Lipinski definition) is 8. The van der Waals surface area contributed by atoms with E-state index in [1.807, 2.05) is 0 Å². The number of halogens is 1. The van der Waals surface area contributed by atoms with Crippen LogP contribution in [0, 0.1) is 0 Å². The van der Waals surface area contributed by atoms with Gasteiger partial charge in [-0.1, -0.05) is 26.0 Å². The lowest BCUT2D eigenvalue weighted by Gasteiger charge is -2.28. The van der Waals surface area contributed by atoms with Crippen LogP contribution in [-0.2, 0) is 19.1 Å².